The van der Waals surface area contributed by atoms with Crippen LogP contribution in [0.25, 0.3) is 0 Å². The van der Waals surface area contributed by atoms with Gasteiger partial charge in [0, 0.05) is 12.1 Å². The van der Waals surface area contributed by atoms with E-state index < -0.39 is 23.8 Å². The van der Waals surface area contributed by atoms with Crippen LogP contribution in [0.5, 0.6) is 0 Å². The number of para-hydroxylation sites is 1. The molecule has 0 aliphatic carbocycles. The number of hydrogen-bond acceptors (Lipinski definition) is 3. The zero-order valence-corrected chi connectivity index (χ0v) is 14.6. The molecule has 2 aromatic rings. The van der Waals surface area contributed by atoms with E-state index >= 15 is 0 Å². The zero-order chi connectivity index (χ0) is 18.8. The van der Waals surface area contributed by atoms with Crippen LogP contribution in [0.4, 0.5) is 5.69 Å². The van der Waals surface area contributed by atoms with E-state index in [-0.39, 0.29) is 12.3 Å². The maximum Gasteiger partial charge on any atom is 0.330 e. The van der Waals surface area contributed by atoms with E-state index in [9.17, 15) is 19.5 Å². The van der Waals surface area contributed by atoms with Crippen molar-refractivity contribution in [2.24, 2.45) is 0 Å². The molecular weight excluding hydrogens is 332 g/mol. The lowest BCUT2D eigenvalue weighted by Crippen LogP contribution is -2.39. The number of carboxylic acid groups (broad SMARTS) is 1. The summed E-state index contributed by atoms with van der Waals surface area (Å²) in [5, 5.41) is 14.9. The fourth-order valence-electron chi connectivity index (χ4n) is 3.12. The van der Waals surface area contributed by atoms with E-state index in [1.54, 1.807) is 36.4 Å². The predicted molar refractivity (Wildman–Crippen MR) is 96.9 cm³/mol. The van der Waals surface area contributed by atoms with Gasteiger partial charge < -0.3 is 15.7 Å². The molecule has 2 amide bonds. The second-order valence-electron chi connectivity index (χ2n) is 6.52. The molecule has 2 atom stereocenters. The van der Waals surface area contributed by atoms with Crippen LogP contribution in [0, 0.1) is 13.8 Å². The van der Waals surface area contributed by atoms with Crippen LogP contribution in [-0.2, 0) is 14.4 Å². The Morgan fingerprint density at radius 2 is 1.88 bits per heavy atom. The van der Waals surface area contributed by atoms with Crippen molar-refractivity contribution >= 4 is 23.5 Å². The first kappa shape index (κ1) is 17.7. The molecule has 0 radical (unpaired) electrons. The van der Waals surface area contributed by atoms with Gasteiger partial charge in [0.1, 0.15) is 0 Å². The maximum atomic E-state index is 12.8. The number of amides is 2. The van der Waals surface area contributed by atoms with Gasteiger partial charge in [-0.25, -0.2) is 4.79 Å². The summed E-state index contributed by atoms with van der Waals surface area (Å²) in [6, 6.07) is 11.2. The SMILES string of the molecule is Cc1ccc(C(NC(=O)C2CC(=O)Nc3ccccc32)C(=O)O)cc1C. The summed E-state index contributed by atoms with van der Waals surface area (Å²) in [6.07, 6.45) is -0.0118. The fraction of sp³-hybridized carbons (Fsp3) is 0.250. The van der Waals surface area contributed by atoms with Crippen LogP contribution in [0.1, 0.15) is 40.6 Å². The highest BCUT2D eigenvalue weighted by atomic mass is 16.4. The molecule has 0 spiro atoms. The molecule has 134 valence electrons. The minimum absolute atomic E-state index is 0.0118. The summed E-state index contributed by atoms with van der Waals surface area (Å²) < 4.78 is 0. The maximum absolute atomic E-state index is 12.8. The molecule has 0 aromatic heterocycles. The predicted octanol–water partition coefficient (Wildman–Crippen LogP) is 2.67. The molecule has 2 aromatic carbocycles. The van der Waals surface area contributed by atoms with E-state index in [1.807, 2.05) is 19.9 Å². The Hall–Kier alpha value is -3.15. The number of benzene rings is 2. The van der Waals surface area contributed by atoms with Crippen LogP contribution in [-0.4, -0.2) is 22.9 Å². The number of nitrogens with one attached hydrogen (secondary N) is 2. The van der Waals surface area contributed by atoms with E-state index in [0.29, 0.717) is 16.8 Å². The third kappa shape index (κ3) is 3.44. The van der Waals surface area contributed by atoms with Gasteiger partial charge >= 0.3 is 5.97 Å². The molecule has 2 unspecified atom stereocenters. The molecule has 1 aliphatic heterocycles. The van der Waals surface area contributed by atoms with Crippen LogP contribution < -0.4 is 10.6 Å². The lowest BCUT2D eigenvalue weighted by molar-refractivity contribution is -0.142. The minimum Gasteiger partial charge on any atom is -0.479 e. The molecule has 26 heavy (non-hydrogen) atoms. The highest BCUT2D eigenvalue weighted by Gasteiger charge is 2.33. The lowest BCUT2D eigenvalue weighted by atomic mass is 9.89. The van der Waals surface area contributed by atoms with Crippen LogP contribution in [0.15, 0.2) is 42.5 Å². The highest BCUT2D eigenvalue weighted by Crippen LogP contribution is 2.32. The van der Waals surface area contributed by atoms with Crippen molar-refractivity contribution in [3.63, 3.8) is 0 Å². The van der Waals surface area contributed by atoms with E-state index in [2.05, 4.69) is 10.6 Å². The molecule has 6 nitrogen and oxygen atoms in total. The first-order chi connectivity index (χ1) is 12.4. The fourth-order valence-corrected chi connectivity index (χ4v) is 3.12. The largest absolute Gasteiger partial charge is 0.479 e. The summed E-state index contributed by atoms with van der Waals surface area (Å²) in [7, 11) is 0. The van der Waals surface area contributed by atoms with Gasteiger partial charge in [0.05, 0.1) is 5.92 Å². The molecule has 0 bridgehead atoms. The standard InChI is InChI=1S/C20H20N2O4/c1-11-7-8-13(9-12(11)2)18(20(25)26)22-19(24)15-10-17(23)21-16-6-4-3-5-14(15)16/h3-9,15,18H,10H2,1-2H3,(H,21,23)(H,22,24)(H,25,26). The summed E-state index contributed by atoms with van der Waals surface area (Å²) in [6.45, 7) is 3.83. The quantitative estimate of drug-likeness (QED) is 0.788. The number of hydrogen-bond donors (Lipinski definition) is 3. The van der Waals surface area contributed by atoms with Gasteiger partial charge in [-0.3, -0.25) is 9.59 Å². The molecule has 3 rings (SSSR count). The molecule has 0 saturated carbocycles. The Labute approximate surface area is 151 Å². The van der Waals surface area contributed by atoms with Gasteiger partial charge in [-0.15, -0.1) is 0 Å². The van der Waals surface area contributed by atoms with E-state index in [0.717, 1.165) is 11.1 Å². The van der Waals surface area contributed by atoms with Crippen molar-refractivity contribution in [1.29, 1.82) is 0 Å². The molecule has 1 aliphatic rings. The van der Waals surface area contributed by atoms with Crippen molar-refractivity contribution in [1.82, 2.24) is 5.32 Å². The number of aliphatic carboxylic acids is 1. The average molecular weight is 352 g/mol. The molecule has 1 heterocycles. The Morgan fingerprint density at radius 3 is 2.58 bits per heavy atom. The summed E-state index contributed by atoms with van der Waals surface area (Å²) >= 11 is 0. The Kier molecular flexibility index (Phi) is 4.75. The normalized spacial score (nSPS) is 17.0. The van der Waals surface area contributed by atoms with Gasteiger partial charge in [-0.05, 0) is 42.2 Å². The van der Waals surface area contributed by atoms with Gasteiger partial charge in [0.2, 0.25) is 11.8 Å². The summed E-state index contributed by atoms with van der Waals surface area (Å²) in [5.41, 5.74) is 3.77. The Balaban J connectivity index is 1.88. The van der Waals surface area contributed by atoms with Gasteiger partial charge in [-0.1, -0.05) is 36.4 Å². The second-order valence-corrected chi connectivity index (χ2v) is 6.52. The number of carbonyl (C=O) groups excluding carboxylic acids is 2. The van der Waals surface area contributed by atoms with Crippen molar-refractivity contribution in [2.75, 3.05) is 5.32 Å². The topological polar surface area (TPSA) is 95.5 Å². The van der Waals surface area contributed by atoms with Gasteiger partial charge in [0.25, 0.3) is 0 Å². The number of carbonyl (C=O) groups is 3. The van der Waals surface area contributed by atoms with Gasteiger partial charge in [-0.2, -0.15) is 0 Å². The number of anilines is 1. The van der Waals surface area contributed by atoms with Crippen molar-refractivity contribution in [2.45, 2.75) is 32.2 Å². The van der Waals surface area contributed by atoms with Crippen molar-refractivity contribution in [3.05, 3.63) is 64.7 Å². The number of aryl methyl sites for hydroxylation is 2. The molecule has 0 fully saturated rings. The monoisotopic (exact) mass is 352 g/mol. The average Bonchev–Trinajstić information content (AvgIpc) is 2.61. The van der Waals surface area contributed by atoms with Crippen molar-refractivity contribution in [3.8, 4) is 0 Å². The smallest absolute Gasteiger partial charge is 0.330 e. The van der Waals surface area contributed by atoms with Crippen LogP contribution >= 0.6 is 0 Å². The third-order valence-electron chi connectivity index (χ3n) is 4.71. The second kappa shape index (κ2) is 7.00. The lowest BCUT2D eigenvalue weighted by Gasteiger charge is -2.26. The van der Waals surface area contributed by atoms with Crippen molar-refractivity contribution < 1.29 is 19.5 Å². The van der Waals surface area contributed by atoms with Gasteiger partial charge in [0.15, 0.2) is 6.04 Å². The first-order valence-corrected chi connectivity index (χ1v) is 8.36. The van der Waals surface area contributed by atoms with E-state index in [4.69, 9.17) is 0 Å². The number of carboxylic acids is 1. The van der Waals surface area contributed by atoms with Crippen LogP contribution in [0.3, 0.4) is 0 Å². The molecule has 3 N–H and O–H groups in total. The number of rotatable bonds is 4. The summed E-state index contributed by atoms with van der Waals surface area (Å²) in [4.78, 5) is 36.4. The summed E-state index contributed by atoms with van der Waals surface area (Å²) in [5.74, 6) is -2.59. The molecule has 6 heteroatoms. The third-order valence-corrected chi connectivity index (χ3v) is 4.71. The van der Waals surface area contributed by atoms with Crippen LogP contribution in [0.2, 0.25) is 0 Å². The molecule has 0 saturated heterocycles. The van der Waals surface area contributed by atoms with E-state index in [1.165, 1.54) is 0 Å². The minimum atomic E-state index is -1.17. The highest BCUT2D eigenvalue weighted by molar-refractivity contribution is 6.01. The Morgan fingerprint density at radius 1 is 1.15 bits per heavy atom. The first-order valence-electron chi connectivity index (χ1n) is 8.36. The Bertz CT molecular complexity index is 891. The molecular formula is C20H20N2O4. The zero-order valence-electron chi connectivity index (χ0n) is 14.6. The number of fused-ring (bicyclic) bond motifs is 1.